The number of methoxy groups -OCH3 is 1. The van der Waals surface area contributed by atoms with Crippen LogP contribution in [0, 0.1) is 0 Å². The van der Waals surface area contributed by atoms with Crippen molar-refractivity contribution in [3.8, 4) is 11.5 Å². The Kier molecular flexibility index (Phi) is 5.47. The topological polar surface area (TPSA) is 46.5 Å². The average Bonchev–Trinajstić information content (AvgIpc) is 2.50. The van der Waals surface area contributed by atoms with Crippen molar-refractivity contribution >= 4 is 35.1 Å². The summed E-state index contributed by atoms with van der Waals surface area (Å²) in [6, 6.07) is 10.1. The highest BCUT2D eigenvalue weighted by Gasteiger charge is 2.07. The lowest BCUT2D eigenvalue weighted by molar-refractivity contribution is -0.113. The summed E-state index contributed by atoms with van der Waals surface area (Å²) in [7, 11) is 1.48. The lowest BCUT2D eigenvalue weighted by Gasteiger charge is -2.04. The van der Waals surface area contributed by atoms with Gasteiger partial charge in [0.25, 0.3) is 0 Å². The van der Waals surface area contributed by atoms with Crippen LogP contribution in [0.5, 0.6) is 11.5 Å². The van der Waals surface area contributed by atoms with Crippen LogP contribution in [-0.2, 0) is 11.2 Å². The fraction of sp³-hybridized carbons (Fsp3) is 0.118. The minimum Gasteiger partial charge on any atom is -0.504 e. The van der Waals surface area contributed by atoms with E-state index in [9.17, 15) is 9.90 Å². The number of phenolic OH excluding ortho intramolecular Hbond substituents is 1. The third-order valence-electron chi connectivity index (χ3n) is 3.06. The second-order valence-electron chi connectivity index (χ2n) is 4.62. The van der Waals surface area contributed by atoms with Gasteiger partial charge in [-0.25, -0.2) is 0 Å². The van der Waals surface area contributed by atoms with Gasteiger partial charge in [-0.05, 0) is 35.4 Å². The van der Waals surface area contributed by atoms with E-state index in [1.165, 1.54) is 19.3 Å². The number of hydrogen-bond donors (Lipinski definition) is 1. The van der Waals surface area contributed by atoms with E-state index in [2.05, 4.69) is 0 Å². The van der Waals surface area contributed by atoms with Gasteiger partial charge in [0.1, 0.15) is 0 Å². The highest BCUT2D eigenvalue weighted by molar-refractivity contribution is 6.42. The molecule has 0 aromatic heterocycles. The van der Waals surface area contributed by atoms with E-state index in [0.29, 0.717) is 26.9 Å². The van der Waals surface area contributed by atoms with Crippen LogP contribution in [-0.4, -0.2) is 18.0 Å². The summed E-state index contributed by atoms with van der Waals surface area (Å²) in [5.74, 6) is 0.295. The Morgan fingerprint density at radius 2 is 2.05 bits per heavy atom. The molecule has 1 N–H and O–H groups in total. The molecule has 2 rings (SSSR count). The van der Waals surface area contributed by atoms with E-state index in [1.807, 2.05) is 0 Å². The number of allylic oxidation sites excluding steroid dienone is 1. The molecule has 0 bridgehead atoms. The minimum atomic E-state index is -0.112. The molecule has 5 heteroatoms. The lowest BCUT2D eigenvalue weighted by Crippen LogP contribution is -1.99. The summed E-state index contributed by atoms with van der Waals surface area (Å²) < 4.78 is 4.96. The Balaban J connectivity index is 2.08. The Morgan fingerprint density at radius 3 is 2.73 bits per heavy atom. The SMILES string of the molecule is COc1ccc(/C=C/C(=O)Cc2cccc(Cl)c2Cl)cc1O. The molecular weight excluding hydrogens is 323 g/mol. The first-order valence-corrected chi connectivity index (χ1v) is 7.27. The molecule has 0 saturated heterocycles. The van der Waals surface area contributed by atoms with Crippen LogP contribution in [0.15, 0.2) is 42.5 Å². The van der Waals surface area contributed by atoms with Crippen LogP contribution in [0.2, 0.25) is 10.0 Å². The standard InChI is InChI=1S/C17H14Cl2O3/c1-22-16-8-6-11(9-15(16)21)5-7-13(20)10-12-3-2-4-14(18)17(12)19/h2-9,21H,10H2,1H3/b7-5+. The largest absolute Gasteiger partial charge is 0.504 e. The summed E-state index contributed by atoms with van der Waals surface area (Å²) in [5, 5.41) is 10.5. The van der Waals surface area contributed by atoms with Crippen LogP contribution in [0.4, 0.5) is 0 Å². The van der Waals surface area contributed by atoms with E-state index < -0.39 is 0 Å². The fourth-order valence-corrected chi connectivity index (χ4v) is 2.32. The molecule has 0 unspecified atom stereocenters. The fourth-order valence-electron chi connectivity index (χ4n) is 1.93. The third kappa shape index (κ3) is 4.03. The van der Waals surface area contributed by atoms with E-state index in [-0.39, 0.29) is 18.0 Å². The molecule has 2 aromatic carbocycles. The van der Waals surface area contributed by atoms with Gasteiger partial charge in [-0.2, -0.15) is 0 Å². The van der Waals surface area contributed by atoms with Gasteiger partial charge in [0.05, 0.1) is 17.2 Å². The first-order valence-electron chi connectivity index (χ1n) is 6.52. The van der Waals surface area contributed by atoms with Gasteiger partial charge < -0.3 is 9.84 Å². The molecule has 0 aliphatic heterocycles. The molecule has 114 valence electrons. The molecule has 2 aromatic rings. The maximum absolute atomic E-state index is 12.0. The van der Waals surface area contributed by atoms with Crippen molar-refractivity contribution in [1.82, 2.24) is 0 Å². The van der Waals surface area contributed by atoms with Crippen molar-refractivity contribution in [2.45, 2.75) is 6.42 Å². The third-order valence-corrected chi connectivity index (χ3v) is 3.92. The van der Waals surface area contributed by atoms with Crippen LogP contribution < -0.4 is 4.74 Å². The number of aromatic hydroxyl groups is 1. The molecule has 0 atom stereocenters. The zero-order valence-electron chi connectivity index (χ0n) is 11.8. The Labute approximate surface area is 138 Å². The number of benzene rings is 2. The number of ether oxygens (including phenoxy) is 1. The van der Waals surface area contributed by atoms with E-state index in [1.54, 1.807) is 36.4 Å². The first kappa shape index (κ1) is 16.4. The number of hydrogen-bond acceptors (Lipinski definition) is 3. The Hall–Kier alpha value is -1.97. The Bertz CT molecular complexity index is 724. The van der Waals surface area contributed by atoms with Crippen LogP contribution in [0.1, 0.15) is 11.1 Å². The van der Waals surface area contributed by atoms with Crippen molar-refractivity contribution < 1.29 is 14.6 Å². The first-order chi connectivity index (χ1) is 10.5. The maximum atomic E-state index is 12.0. The summed E-state index contributed by atoms with van der Waals surface area (Å²) in [6.07, 6.45) is 3.23. The quantitative estimate of drug-likeness (QED) is 0.815. The zero-order valence-corrected chi connectivity index (χ0v) is 13.4. The van der Waals surface area contributed by atoms with Crippen LogP contribution >= 0.6 is 23.2 Å². The second kappa shape index (κ2) is 7.34. The molecule has 0 aliphatic carbocycles. The molecule has 0 heterocycles. The Morgan fingerprint density at radius 1 is 1.27 bits per heavy atom. The van der Waals surface area contributed by atoms with Gasteiger partial charge in [-0.1, -0.05) is 47.5 Å². The maximum Gasteiger partial charge on any atom is 0.160 e. The number of rotatable bonds is 5. The molecule has 0 spiro atoms. The van der Waals surface area contributed by atoms with Crippen LogP contribution in [0.3, 0.4) is 0 Å². The van der Waals surface area contributed by atoms with E-state index >= 15 is 0 Å². The number of ketones is 1. The van der Waals surface area contributed by atoms with Crippen molar-refractivity contribution in [3.05, 3.63) is 63.6 Å². The summed E-state index contributed by atoms with van der Waals surface area (Å²) in [4.78, 5) is 12.0. The average molecular weight is 337 g/mol. The van der Waals surface area contributed by atoms with E-state index in [4.69, 9.17) is 27.9 Å². The smallest absolute Gasteiger partial charge is 0.160 e. The van der Waals surface area contributed by atoms with Gasteiger partial charge in [0.2, 0.25) is 0 Å². The van der Waals surface area contributed by atoms with Crippen molar-refractivity contribution in [3.63, 3.8) is 0 Å². The molecule has 0 fully saturated rings. The molecule has 3 nitrogen and oxygen atoms in total. The summed E-state index contributed by atoms with van der Waals surface area (Å²) in [6.45, 7) is 0. The van der Waals surface area contributed by atoms with E-state index in [0.717, 1.165) is 0 Å². The van der Waals surface area contributed by atoms with Gasteiger partial charge in [-0.3, -0.25) is 4.79 Å². The molecule has 22 heavy (non-hydrogen) atoms. The highest BCUT2D eigenvalue weighted by Crippen LogP contribution is 2.27. The summed E-state index contributed by atoms with van der Waals surface area (Å²) in [5.41, 5.74) is 1.38. The van der Waals surface area contributed by atoms with Crippen molar-refractivity contribution in [2.24, 2.45) is 0 Å². The van der Waals surface area contributed by atoms with Gasteiger partial charge in [0.15, 0.2) is 17.3 Å². The predicted molar refractivity (Wildman–Crippen MR) is 88.9 cm³/mol. The number of carbonyl (C=O) groups excluding carboxylic acids is 1. The molecule has 0 amide bonds. The normalized spacial score (nSPS) is 10.9. The van der Waals surface area contributed by atoms with Crippen LogP contribution in [0.25, 0.3) is 6.08 Å². The zero-order chi connectivity index (χ0) is 16.1. The molecular formula is C17H14Cl2O3. The number of carbonyl (C=O) groups is 1. The van der Waals surface area contributed by atoms with Gasteiger partial charge in [-0.15, -0.1) is 0 Å². The molecule has 0 radical (unpaired) electrons. The highest BCUT2D eigenvalue weighted by atomic mass is 35.5. The summed E-state index contributed by atoms with van der Waals surface area (Å²) >= 11 is 12.0. The number of halogens is 2. The molecule has 0 saturated carbocycles. The van der Waals surface area contributed by atoms with Crippen molar-refractivity contribution in [2.75, 3.05) is 7.11 Å². The predicted octanol–water partition coefficient (Wildman–Crippen LogP) is 4.53. The van der Waals surface area contributed by atoms with Crippen molar-refractivity contribution in [1.29, 1.82) is 0 Å². The van der Waals surface area contributed by atoms with Gasteiger partial charge >= 0.3 is 0 Å². The minimum absolute atomic E-state index is 0.0231. The molecule has 0 aliphatic rings. The number of phenols is 1. The van der Waals surface area contributed by atoms with Gasteiger partial charge in [0, 0.05) is 6.42 Å². The second-order valence-corrected chi connectivity index (χ2v) is 5.41. The lowest BCUT2D eigenvalue weighted by atomic mass is 10.1. The monoisotopic (exact) mass is 336 g/mol.